The van der Waals surface area contributed by atoms with Crippen LogP contribution in [-0.2, 0) is 4.74 Å². The summed E-state index contributed by atoms with van der Waals surface area (Å²) >= 11 is 0. The van der Waals surface area contributed by atoms with Gasteiger partial charge >= 0.3 is 6.09 Å². The average Bonchev–Trinajstić information content (AvgIpc) is 2.49. The topological polar surface area (TPSA) is 32.8 Å². The number of nitrogens with zero attached hydrogens (tertiary/aromatic N) is 2. The standard InChI is InChI=1S/C16H30N2O2/c1-10(2)13-12(5)14-16(6,11(3)4)20-15(19)18(14)9-8-17(13)7/h10-14H,8-9H2,1-7H3/t12-,13?,14-,16+/m0/s1. The van der Waals surface area contributed by atoms with Crippen molar-refractivity contribution in [3.63, 3.8) is 0 Å². The number of fused-ring (bicyclic) bond motifs is 1. The summed E-state index contributed by atoms with van der Waals surface area (Å²) in [6.45, 7) is 15.0. The zero-order chi connectivity index (χ0) is 15.2. The molecule has 4 atom stereocenters. The van der Waals surface area contributed by atoms with Gasteiger partial charge in [0, 0.05) is 19.1 Å². The molecule has 0 spiro atoms. The monoisotopic (exact) mass is 282 g/mol. The Labute approximate surface area is 123 Å². The number of likely N-dealkylation sites (N-methyl/N-ethyl adjacent to an activating group) is 1. The van der Waals surface area contributed by atoms with E-state index in [2.05, 4.69) is 53.5 Å². The lowest BCUT2D eigenvalue weighted by atomic mass is 9.74. The Balaban J connectivity index is 2.42. The van der Waals surface area contributed by atoms with Crippen molar-refractivity contribution in [1.82, 2.24) is 9.80 Å². The number of hydrogen-bond donors (Lipinski definition) is 0. The van der Waals surface area contributed by atoms with Crippen molar-refractivity contribution < 1.29 is 9.53 Å². The van der Waals surface area contributed by atoms with Crippen LogP contribution in [-0.4, -0.2) is 53.7 Å². The summed E-state index contributed by atoms with van der Waals surface area (Å²) in [5, 5.41) is 0. The summed E-state index contributed by atoms with van der Waals surface area (Å²) in [6.07, 6.45) is -0.129. The molecule has 2 fully saturated rings. The van der Waals surface area contributed by atoms with Crippen LogP contribution >= 0.6 is 0 Å². The van der Waals surface area contributed by atoms with Gasteiger partial charge in [0.1, 0.15) is 5.60 Å². The molecule has 2 aliphatic rings. The van der Waals surface area contributed by atoms with Crippen molar-refractivity contribution in [3.8, 4) is 0 Å². The lowest BCUT2D eigenvalue weighted by Crippen LogP contribution is -2.54. The van der Waals surface area contributed by atoms with Gasteiger partial charge in [-0.15, -0.1) is 0 Å². The second kappa shape index (κ2) is 5.21. The van der Waals surface area contributed by atoms with Crippen LogP contribution in [0.2, 0.25) is 0 Å². The Bertz CT molecular complexity index is 383. The fourth-order valence-corrected chi connectivity index (χ4v) is 4.34. The molecule has 116 valence electrons. The molecule has 0 N–H and O–H groups in total. The van der Waals surface area contributed by atoms with Crippen LogP contribution in [0.4, 0.5) is 4.79 Å². The van der Waals surface area contributed by atoms with E-state index in [1.807, 2.05) is 4.90 Å². The smallest absolute Gasteiger partial charge is 0.410 e. The highest BCUT2D eigenvalue weighted by Crippen LogP contribution is 2.43. The molecule has 2 heterocycles. The summed E-state index contributed by atoms with van der Waals surface area (Å²) in [7, 11) is 2.18. The van der Waals surface area contributed by atoms with E-state index in [9.17, 15) is 4.79 Å². The number of rotatable bonds is 2. The van der Waals surface area contributed by atoms with E-state index >= 15 is 0 Å². The predicted octanol–water partition coefficient (Wildman–Crippen LogP) is 2.83. The van der Waals surface area contributed by atoms with Crippen molar-refractivity contribution in [2.75, 3.05) is 20.1 Å². The maximum absolute atomic E-state index is 12.3. The van der Waals surface area contributed by atoms with Crippen LogP contribution in [0.25, 0.3) is 0 Å². The Morgan fingerprint density at radius 3 is 2.35 bits per heavy atom. The van der Waals surface area contributed by atoms with Gasteiger partial charge in [0.15, 0.2) is 0 Å². The Kier molecular flexibility index (Phi) is 4.07. The maximum atomic E-state index is 12.3. The number of ether oxygens (including phenoxy) is 1. The number of amides is 1. The lowest BCUT2D eigenvalue weighted by Gasteiger charge is -2.42. The van der Waals surface area contributed by atoms with Crippen molar-refractivity contribution in [2.24, 2.45) is 17.8 Å². The van der Waals surface area contributed by atoms with Crippen LogP contribution in [0.1, 0.15) is 41.5 Å². The summed E-state index contributed by atoms with van der Waals surface area (Å²) in [5.74, 6) is 1.29. The molecule has 4 heteroatoms. The van der Waals surface area contributed by atoms with Crippen molar-refractivity contribution in [2.45, 2.75) is 59.2 Å². The molecule has 0 saturated carbocycles. The van der Waals surface area contributed by atoms with Gasteiger partial charge in [-0.05, 0) is 31.7 Å². The number of carbonyl (C=O) groups is 1. The summed E-state index contributed by atoms with van der Waals surface area (Å²) in [6, 6.07) is 0.657. The first-order valence-corrected chi connectivity index (χ1v) is 7.90. The van der Waals surface area contributed by atoms with Crippen molar-refractivity contribution in [3.05, 3.63) is 0 Å². The van der Waals surface area contributed by atoms with Crippen LogP contribution in [0.5, 0.6) is 0 Å². The molecule has 0 radical (unpaired) electrons. The molecule has 20 heavy (non-hydrogen) atoms. The SMILES string of the molecule is CC(C)C1[C@H](C)[C@@H]2N(CCN1C)C(=O)O[C@]2(C)C(C)C. The van der Waals surface area contributed by atoms with E-state index < -0.39 is 0 Å². The molecule has 4 nitrogen and oxygen atoms in total. The van der Waals surface area contributed by atoms with Crippen LogP contribution in [0.3, 0.4) is 0 Å². The van der Waals surface area contributed by atoms with E-state index in [0.717, 1.165) is 13.1 Å². The molecule has 0 aromatic carbocycles. The molecule has 2 rings (SSSR count). The van der Waals surface area contributed by atoms with Gasteiger partial charge in [0.2, 0.25) is 0 Å². The van der Waals surface area contributed by atoms with Gasteiger partial charge in [0.25, 0.3) is 0 Å². The first kappa shape index (κ1) is 15.6. The number of hydrogen-bond acceptors (Lipinski definition) is 3. The van der Waals surface area contributed by atoms with Crippen LogP contribution < -0.4 is 0 Å². The largest absolute Gasteiger partial charge is 0.441 e. The minimum Gasteiger partial charge on any atom is -0.441 e. The summed E-state index contributed by atoms with van der Waals surface area (Å²) in [5.41, 5.74) is -0.380. The van der Waals surface area contributed by atoms with E-state index in [1.165, 1.54) is 0 Å². The van der Waals surface area contributed by atoms with Crippen molar-refractivity contribution in [1.29, 1.82) is 0 Å². The molecular formula is C16H30N2O2. The second-order valence-electron chi connectivity index (χ2n) is 7.42. The normalized spacial score (nSPS) is 39.1. The second-order valence-corrected chi connectivity index (χ2v) is 7.42. The first-order valence-electron chi connectivity index (χ1n) is 7.90. The molecule has 0 aliphatic carbocycles. The Morgan fingerprint density at radius 2 is 1.85 bits per heavy atom. The van der Waals surface area contributed by atoms with E-state index in [0.29, 0.717) is 23.8 Å². The highest BCUT2D eigenvalue weighted by Gasteiger charge is 2.57. The zero-order valence-corrected chi connectivity index (χ0v) is 14.0. The van der Waals surface area contributed by atoms with E-state index in [-0.39, 0.29) is 17.7 Å². The third-order valence-corrected chi connectivity index (χ3v) is 5.53. The van der Waals surface area contributed by atoms with Crippen molar-refractivity contribution >= 4 is 6.09 Å². The molecule has 0 bridgehead atoms. The quantitative estimate of drug-likeness (QED) is 0.781. The summed E-state index contributed by atoms with van der Waals surface area (Å²) in [4.78, 5) is 16.7. The lowest BCUT2D eigenvalue weighted by molar-refractivity contribution is -0.0156. The zero-order valence-electron chi connectivity index (χ0n) is 14.0. The van der Waals surface area contributed by atoms with E-state index in [1.54, 1.807) is 0 Å². The number of cyclic esters (lactones) is 1. The highest BCUT2D eigenvalue weighted by molar-refractivity contribution is 5.72. The predicted molar refractivity (Wildman–Crippen MR) is 80.6 cm³/mol. The summed E-state index contributed by atoms with van der Waals surface area (Å²) < 4.78 is 5.82. The molecule has 1 amide bonds. The molecule has 2 aliphatic heterocycles. The Morgan fingerprint density at radius 1 is 1.25 bits per heavy atom. The fraction of sp³-hybridized carbons (Fsp3) is 0.938. The van der Waals surface area contributed by atoms with Crippen LogP contribution in [0, 0.1) is 17.8 Å². The average molecular weight is 282 g/mol. The molecule has 0 aromatic rings. The molecule has 0 aromatic heterocycles. The first-order chi connectivity index (χ1) is 9.20. The third-order valence-electron chi connectivity index (χ3n) is 5.53. The molecular weight excluding hydrogens is 252 g/mol. The minimum atomic E-state index is -0.380. The van der Waals surface area contributed by atoms with Gasteiger partial charge in [-0.25, -0.2) is 4.79 Å². The number of carbonyl (C=O) groups excluding carboxylic acids is 1. The Hall–Kier alpha value is -0.770. The highest BCUT2D eigenvalue weighted by atomic mass is 16.6. The third kappa shape index (κ3) is 2.22. The van der Waals surface area contributed by atoms with Gasteiger partial charge < -0.3 is 9.64 Å². The van der Waals surface area contributed by atoms with Gasteiger partial charge in [-0.3, -0.25) is 4.90 Å². The van der Waals surface area contributed by atoms with Gasteiger partial charge in [-0.2, -0.15) is 0 Å². The fourth-order valence-electron chi connectivity index (χ4n) is 4.34. The van der Waals surface area contributed by atoms with Gasteiger partial charge in [0.05, 0.1) is 6.04 Å². The van der Waals surface area contributed by atoms with E-state index in [4.69, 9.17) is 4.74 Å². The van der Waals surface area contributed by atoms with Crippen LogP contribution in [0.15, 0.2) is 0 Å². The maximum Gasteiger partial charge on any atom is 0.410 e. The van der Waals surface area contributed by atoms with Gasteiger partial charge in [-0.1, -0.05) is 34.6 Å². The molecule has 1 unspecified atom stereocenters. The molecule has 2 saturated heterocycles. The minimum absolute atomic E-state index is 0.129.